The highest BCUT2D eigenvalue weighted by Crippen LogP contribution is 2.49. The molecule has 4 heterocycles. The second-order valence-corrected chi connectivity index (χ2v) is 10.3. The summed E-state index contributed by atoms with van der Waals surface area (Å²) in [5.41, 5.74) is 0.934. The van der Waals surface area contributed by atoms with E-state index < -0.39 is 0 Å². The summed E-state index contributed by atoms with van der Waals surface area (Å²) in [6, 6.07) is 5.52. The van der Waals surface area contributed by atoms with E-state index in [1.54, 1.807) is 12.1 Å². The average Bonchev–Trinajstić information content (AvgIpc) is 3.58. The minimum Gasteiger partial charge on any atom is -0.493 e. The maximum absolute atomic E-state index is 14.1. The number of halogens is 1. The number of carbonyl (C=O) groups excluding carboxylic acids is 1. The molecule has 3 saturated heterocycles. The van der Waals surface area contributed by atoms with Crippen LogP contribution < -0.4 is 4.74 Å². The molecule has 1 aromatic rings. The molecule has 0 radical (unpaired) electrons. The van der Waals surface area contributed by atoms with Crippen LogP contribution in [0.15, 0.2) is 18.2 Å². The minimum absolute atomic E-state index is 0.0601. The number of carbonyl (C=O) groups is 1. The van der Waals surface area contributed by atoms with Crippen molar-refractivity contribution in [3.63, 3.8) is 0 Å². The summed E-state index contributed by atoms with van der Waals surface area (Å²) in [4.78, 5) is 20.8. The average molecular weight is 444 g/mol. The fraction of sp³-hybridized carbons (Fsp3) is 0.720. The third kappa shape index (κ3) is 3.93. The summed E-state index contributed by atoms with van der Waals surface area (Å²) in [5, 5.41) is 0. The molecule has 0 aromatic heterocycles. The summed E-state index contributed by atoms with van der Waals surface area (Å²) in [6.07, 6.45) is 4.63. The van der Waals surface area contributed by atoms with Gasteiger partial charge in [0.1, 0.15) is 11.6 Å². The molecule has 174 valence electrons. The molecular formula is C25H34FN3O3. The van der Waals surface area contributed by atoms with E-state index in [0.717, 1.165) is 82.6 Å². The van der Waals surface area contributed by atoms with Crippen LogP contribution in [-0.2, 0) is 9.53 Å². The van der Waals surface area contributed by atoms with Crippen LogP contribution in [0, 0.1) is 23.6 Å². The lowest BCUT2D eigenvalue weighted by molar-refractivity contribution is -0.138. The van der Waals surface area contributed by atoms with Crippen LogP contribution in [0.3, 0.4) is 0 Å². The Morgan fingerprint density at radius 3 is 2.59 bits per heavy atom. The van der Waals surface area contributed by atoms with E-state index in [1.807, 2.05) is 0 Å². The fourth-order valence-electron chi connectivity index (χ4n) is 6.40. The number of ether oxygens (including phenoxy) is 2. The summed E-state index contributed by atoms with van der Waals surface area (Å²) in [6.45, 7) is 7.67. The molecule has 6 rings (SSSR count). The van der Waals surface area contributed by atoms with Gasteiger partial charge in [-0.2, -0.15) is 0 Å². The Hall–Kier alpha value is -1.70. The quantitative estimate of drug-likeness (QED) is 0.716. The number of benzene rings is 1. The highest BCUT2D eigenvalue weighted by atomic mass is 19.1. The van der Waals surface area contributed by atoms with E-state index in [0.29, 0.717) is 12.6 Å². The number of fused-ring (bicyclic) bond motifs is 3. The Labute approximate surface area is 189 Å². The molecule has 1 aliphatic carbocycles. The van der Waals surface area contributed by atoms with Crippen LogP contribution in [0.25, 0.3) is 0 Å². The summed E-state index contributed by atoms with van der Waals surface area (Å²) in [5.74, 6) is 1.62. The lowest BCUT2D eigenvalue weighted by Gasteiger charge is -2.41. The number of hydrogen-bond donors (Lipinski definition) is 0. The van der Waals surface area contributed by atoms with Crippen LogP contribution in [0.5, 0.6) is 5.75 Å². The molecule has 4 fully saturated rings. The zero-order chi connectivity index (χ0) is 21.7. The Morgan fingerprint density at radius 1 is 1.06 bits per heavy atom. The van der Waals surface area contributed by atoms with Crippen molar-refractivity contribution in [3.8, 4) is 5.75 Å². The number of morpholine rings is 1. The Kier molecular flexibility index (Phi) is 5.60. The van der Waals surface area contributed by atoms with Gasteiger partial charge in [-0.3, -0.25) is 14.6 Å². The second kappa shape index (κ2) is 8.58. The van der Waals surface area contributed by atoms with Gasteiger partial charge >= 0.3 is 0 Å². The molecule has 0 spiro atoms. The van der Waals surface area contributed by atoms with Gasteiger partial charge < -0.3 is 14.4 Å². The van der Waals surface area contributed by atoms with Gasteiger partial charge in [0.25, 0.3) is 0 Å². The van der Waals surface area contributed by atoms with Crippen LogP contribution in [0.2, 0.25) is 0 Å². The largest absolute Gasteiger partial charge is 0.493 e. The second-order valence-electron chi connectivity index (χ2n) is 10.3. The summed E-state index contributed by atoms with van der Waals surface area (Å²) in [7, 11) is 0. The molecule has 32 heavy (non-hydrogen) atoms. The van der Waals surface area contributed by atoms with Gasteiger partial charge in [-0.15, -0.1) is 0 Å². The van der Waals surface area contributed by atoms with E-state index in [-0.39, 0.29) is 29.6 Å². The van der Waals surface area contributed by atoms with Gasteiger partial charge in [0.2, 0.25) is 5.91 Å². The SMILES string of the molecule is O=C([C@@H]1CN(CC2CC2)[C@H]2c3cc(F)ccc3OC[C@@H]12)N1CCC(N2CCOCC2)CC1. The van der Waals surface area contributed by atoms with E-state index in [4.69, 9.17) is 9.47 Å². The van der Waals surface area contributed by atoms with Gasteiger partial charge in [-0.05, 0) is 49.8 Å². The van der Waals surface area contributed by atoms with Crippen molar-refractivity contribution in [2.75, 3.05) is 59.1 Å². The number of rotatable bonds is 4. The maximum Gasteiger partial charge on any atom is 0.227 e. The molecule has 6 nitrogen and oxygen atoms in total. The predicted molar refractivity (Wildman–Crippen MR) is 118 cm³/mol. The molecule has 4 aliphatic heterocycles. The minimum atomic E-state index is -0.223. The third-order valence-corrected chi connectivity index (χ3v) is 8.31. The van der Waals surface area contributed by atoms with Crippen molar-refractivity contribution in [1.82, 2.24) is 14.7 Å². The predicted octanol–water partition coefficient (Wildman–Crippen LogP) is 2.54. The number of amides is 1. The van der Waals surface area contributed by atoms with Gasteiger partial charge in [0, 0.05) is 62.8 Å². The van der Waals surface area contributed by atoms with Gasteiger partial charge in [-0.1, -0.05) is 0 Å². The van der Waals surface area contributed by atoms with Crippen LogP contribution >= 0.6 is 0 Å². The first kappa shape index (κ1) is 20.9. The molecule has 1 saturated carbocycles. The highest BCUT2D eigenvalue weighted by molar-refractivity contribution is 5.80. The standard InChI is InChI=1S/C25H34FN3O3/c26-18-3-4-23-20(13-18)24-22(16-32-23)21(15-29(24)14-17-1-2-17)25(30)28-7-5-19(6-8-28)27-9-11-31-12-10-27/h3-4,13,17,19,21-22,24H,1-2,5-12,14-16H2/t21-,22+,24+/m1/s1. The zero-order valence-electron chi connectivity index (χ0n) is 18.8. The number of likely N-dealkylation sites (tertiary alicyclic amines) is 2. The monoisotopic (exact) mass is 443 g/mol. The molecule has 0 unspecified atom stereocenters. The van der Waals surface area contributed by atoms with Crippen molar-refractivity contribution in [2.45, 2.75) is 37.8 Å². The van der Waals surface area contributed by atoms with E-state index in [1.165, 1.54) is 18.9 Å². The topological polar surface area (TPSA) is 45.2 Å². The summed E-state index contributed by atoms with van der Waals surface area (Å²) >= 11 is 0. The Bertz CT molecular complexity index is 849. The first-order valence-corrected chi connectivity index (χ1v) is 12.4. The van der Waals surface area contributed by atoms with E-state index >= 15 is 0 Å². The molecule has 7 heteroatoms. The van der Waals surface area contributed by atoms with Crippen molar-refractivity contribution in [2.24, 2.45) is 17.8 Å². The highest BCUT2D eigenvalue weighted by Gasteiger charge is 2.51. The normalized spacial score (nSPS) is 31.8. The van der Waals surface area contributed by atoms with Crippen LogP contribution in [-0.4, -0.2) is 85.7 Å². The Balaban J connectivity index is 1.17. The third-order valence-electron chi connectivity index (χ3n) is 8.31. The molecule has 0 bridgehead atoms. The van der Waals surface area contributed by atoms with Gasteiger partial charge in [-0.25, -0.2) is 4.39 Å². The van der Waals surface area contributed by atoms with Gasteiger partial charge in [0.05, 0.1) is 25.7 Å². The van der Waals surface area contributed by atoms with Crippen molar-refractivity contribution in [1.29, 1.82) is 0 Å². The smallest absolute Gasteiger partial charge is 0.227 e. The molecule has 5 aliphatic rings. The van der Waals surface area contributed by atoms with Crippen molar-refractivity contribution in [3.05, 3.63) is 29.6 Å². The molecular weight excluding hydrogens is 409 g/mol. The fourth-order valence-corrected chi connectivity index (χ4v) is 6.40. The first-order chi connectivity index (χ1) is 15.7. The molecule has 3 atom stereocenters. The van der Waals surface area contributed by atoms with E-state index in [2.05, 4.69) is 14.7 Å². The number of piperidine rings is 1. The van der Waals surface area contributed by atoms with Crippen molar-refractivity contribution < 1.29 is 18.7 Å². The Morgan fingerprint density at radius 2 is 1.84 bits per heavy atom. The molecule has 0 N–H and O–H groups in total. The first-order valence-electron chi connectivity index (χ1n) is 12.4. The summed E-state index contributed by atoms with van der Waals surface area (Å²) < 4.78 is 25.7. The maximum atomic E-state index is 14.1. The number of nitrogens with zero attached hydrogens (tertiary/aromatic N) is 3. The lowest BCUT2D eigenvalue weighted by Crippen LogP contribution is -2.51. The van der Waals surface area contributed by atoms with Crippen LogP contribution in [0.1, 0.15) is 37.3 Å². The van der Waals surface area contributed by atoms with Crippen LogP contribution in [0.4, 0.5) is 4.39 Å². The van der Waals surface area contributed by atoms with E-state index in [9.17, 15) is 9.18 Å². The van der Waals surface area contributed by atoms with Crippen molar-refractivity contribution >= 4 is 5.91 Å². The van der Waals surface area contributed by atoms with Gasteiger partial charge in [0.15, 0.2) is 0 Å². The zero-order valence-corrected chi connectivity index (χ0v) is 18.8. The number of hydrogen-bond acceptors (Lipinski definition) is 5. The lowest BCUT2D eigenvalue weighted by atomic mass is 9.84. The molecule has 1 amide bonds. The molecule has 1 aromatic carbocycles.